The molecule has 0 heterocycles. The van der Waals surface area contributed by atoms with Crippen molar-refractivity contribution < 1.29 is 0 Å². The summed E-state index contributed by atoms with van der Waals surface area (Å²) >= 11 is 0. The van der Waals surface area contributed by atoms with Crippen molar-refractivity contribution in [3.8, 4) is 0 Å². The Morgan fingerprint density at radius 1 is 1.00 bits per heavy atom. The minimum absolute atomic E-state index is 0.613. The SMILES string of the molecule is CC1(C)CCC(NCC2(C)CC2)CC1. The first-order chi connectivity index (χ1) is 6.49. The van der Waals surface area contributed by atoms with E-state index in [9.17, 15) is 0 Å². The zero-order valence-corrected chi connectivity index (χ0v) is 10.0. The lowest BCUT2D eigenvalue weighted by Gasteiger charge is -2.35. The van der Waals surface area contributed by atoms with Crippen LogP contribution >= 0.6 is 0 Å². The molecule has 2 rings (SSSR count). The van der Waals surface area contributed by atoms with Gasteiger partial charge in [-0.2, -0.15) is 0 Å². The molecule has 0 atom stereocenters. The minimum atomic E-state index is 0.613. The Balaban J connectivity index is 1.68. The predicted octanol–water partition coefficient (Wildman–Crippen LogP) is 3.34. The van der Waals surface area contributed by atoms with Crippen LogP contribution in [0.2, 0.25) is 0 Å². The topological polar surface area (TPSA) is 12.0 Å². The van der Waals surface area contributed by atoms with E-state index >= 15 is 0 Å². The van der Waals surface area contributed by atoms with Crippen LogP contribution in [0.5, 0.6) is 0 Å². The van der Waals surface area contributed by atoms with Gasteiger partial charge < -0.3 is 5.32 Å². The average Bonchev–Trinajstić information content (AvgIpc) is 2.83. The monoisotopic (exact) mass is 195 g/mol. The maximum atomic E-state index is 3.76. The summed E-state index contributed by atoms with van der Waals surface area (Å²) in [5.74, 6) is 0. The van der Waals surface area contributed by atoms with Gasteiger partial charge in [0, 0.05) is 12.6 Å². The molecule has 1 nitrogen and oxygen atoms in total. The third-order valence-electron chi connectivity index (χ3n) is 4.26. The Hall–Kier alpha value is -0.0400. The third-order valence-corrected chi connectivity index (χ3v) is 4.26. The van der Waals surface area contributed by atoms with Crippen LogP contribution in [0.15, 0.2) is 0 Å². The summed E-state index contributed by atoms with van der Waals surface area (Å²) in [5.41, 5.74) is 1.29. The van der Waals surface area contributed by atoms with Crippen molar-refractivity contribution in [1.29, 1.82) is 0 Å². The second kappa shape index (κ2) is 3.52. The van der Waals surface area contributed by atoms with E-state index in [1.165, 1.54) is 45.1 Å². The molecule has 2 aliphatic rings. The van der Waals surface area contributed by atoms with Gasteiger partial charge in [0.15, 0.2) is 0 Å². The highest BCUT2D eigenvalue weighted by atomic mass is 14.9. The molecule has 0 aromatic rings. The Labute approximate surface area is 88.7 Å². The van der Waals surface area contributed by atoms with Crippen molar-refractivity contribution in [2.75, 3.05) is 6.54 Å². The van der Waals surface area contributed by atoms with Crippen molar-refractivity contribution in [2.24, 2.45) is 10.8 Å². The fraction of sp³-hybridized carbons (Fsp3) is 1.00. The Morgan fingerprint density at radius 3 is 2.07 bits per heavy atom. The Bertz CT molecular complexity index is 193. The van der Waals surface area contributed by atoms with E-state index in [1.807, 2.05) is 0 Å². The zero-order valence-electron chi connectivity index (χ0n) is 10.0. The summed E-state index contributed by atoms with van der Waals surface area (Å²) in [7, 11) is 0. The smallest absolute Gasteiger partial charge is 0.00676 e. The van der Waals surface area contributed by atoms with Gasteiger partial charge in [-0.3, -0.25) is 0 Å². The number of hydrogen-bond acceptors (Lipinski definition) is 1. The molecule has 2 fully saturated rings. The van der Waals surface area contributed by atoms with Crippen LogP contribution in [0, 0.1) is 10.8 Å². The van der Waals surface area contributed by atoms with Gasteiger partial charge in [-0.25, -0.2) is 0 Å². The molecule has 14 heavy (non-hydrogen) atoms. The van der Waals surface area contributed by atoms with Gasteiger partial charge in [0.05, 0.1) is 0 Å². The summed E-state index contributed by atoms with van der Waals surface area (Å²) in [6.45, 7) is 8.49. The molecule has 0 saturated heterocycles. The number of nitrogens with one attached hydrogen (secondary N) is 1. The van der Waals surface area contributed by atoms with Crippen LogP contribution in [0.4, 0.5) is 0 Å². The first-order valence-corrected chi connectivity index (χ1v) is 6.23. The van der Waals surface area contributed by atoms with Crippen molar-refractivity contribution in [3.63, 3.8) is 0 Å². The van der Waals surface area contributed by atoms with Gasteiger partial charge in [0.25, 0.3) is 0 Å². The van der Waals surface area contributed by atoms with E-state index in [1.54, 1.807) is 0 Å². The fourth-order valence-corrected chi connectivity index (χ4v) is 2.38. The quantitative estimate of drug-likeness (QED) is 0.728. The van der Waals surface area contributed by atoms with Gasteiger partial charge in [-0.05, 0) is 49.4 Å². The first-order valence-electron chi connectivity index (χ1n) is 6.23. The largest absolute Gasteiger partial charge is 0.313 e. The molecular weight excluding hydrogens is 170 g/mol. The minimum Gasteiger partial charge on any atom is -0.313 e. The third kappa shape index (κ3) is 2.73. The summed E-state index contributed by atoms with van der Waals surface area (Å²) in [6, 6.07) is 0.820. The van der Waals surface area contributed by atoms with Crippen LogP contribution in [0.25, 0.3) is 0 Å². The van der Waals surface area contributed by atoms with E-state index < -0.39 is 0 Å². The summed E-state index contributed by atoms with van der Waals surface area (Å²) < 4.78 is 0. The second-order valence-electron chi connectivity index (χ2n) is 6.63. The van der Waals surface area contributed by atoms with Crippen molar-refractivity contribution >= 4 is 0 Å². The predicted molar refractivity (Wildman–Crippen MR) is 61.4 cm³/mol. The highest BCUT2D eigenvalue weighted by molar-refractivity contribution is 4.92. The molecule has 1 N–H and O–H groups in total. The number of rotatable bonds is 3. The second-order valence-corrected chi connectivity index (χ2v) is 6.63. The van der Waals surface area contributed by atoms with Gasteiger partial charge in [-0.1, -0.05) is 20.8 Å². The van der Waals surface area contributed by atoms with Gasteiger partial charge >= 0.3 is 0 Å². The van der Waals surface area contributed by atoms with Crippen molar-refractivity contribution in [3.05, 3.63) is 0 Å². The zero-order chi connectivity index (χ0) is 10.2. The van der Waals surface area contributed by atoms with E-state index in [4.69, 9.17) is 0 Å². The van der Waals surface area contributed by atoms with Gasteiger partial charge in [-0.15, -0.1) is 0 Å². The average molecular weight is 195 g/mol. The molecule has 2 aliphatic carbocycles. The molecule has 0 amide bonds. The standard InChI is InChI=1S/C13H25N/c1-12(2)6-4-11(5-7-12)14-10-13(3)8-9-13/h11,14H,4-10H2,1-3H3. The summed E-state index contributed by atoms with van der Waals surface area (Å²) in [6.07, 6.45) is 8.48. The molecule has 0 bridgehead atoms. The Kier molecular flexibility index (Phi) is 2.63. The molecule has 2 saturated carbocycles. The molecule has 0 unspecified atom stereocenters. The first kappa shape index (κ1) is 10.5. The molecule has 1 heteroatoms. The summed E-state index contributed by atoms with van der Waals surface area (Å²) in [4.78, 5) is 0. The van der Waals surface area contributed by atoms with Crippen LogP contribution in [-0.2, 0) is 0 Å². The maximum absolute atomic E-state index is 3.76. The molecular formula is C13H25N. The fourth-order valence-electron chi connectivity index (χ4n) is 2.38. The van der Waals surface area contributed by atoms with Crippen LogP contribution in [0.1, 0.15) is 59.3 Å². The highest BCUT2D eigenvalue weighted by Gasteiger charge is 2.37. The highest BCUT2D eigenvalue weighted by Crippen LogP contribution is 2.44. The molecule has 0 spiro atoms. The summed E-state index contributed by atoms with van der Waals surface area (Å²) in [5, 5.41) is 3.76. The van der Waals surface area contributed by atoms with Crippen molar-refractivity contribution in [2.45, 2.75) is 65.3 Å². The van der Waals surface area contributed by atoms with Gasteiger partial charge in [0.1, 0.15) is 0 Å². The molecule has 0 radical (unpaired) electrons. The molecule has 0 aromatic carbocycles. The molecule has 82 valence electrons. The van der Waals surface area contributed by atoms with Crippen LogP contribution < -0.4 is 5.32 Å². The lowest BCUT2D eigenvalue weighted by molar-refractivity contribution is 0.202. The van der Waals surface area contributed by atoms with Gasteiger partial charge in [0.2, 0.25) is 0 Å². The lowest BCUT2D eigenvalue weighted by atomic mass is 9.75. The number of hydrogen-bond donors (Lipinski definition) is 1. The lowest BCUT2D eigenvalue weighted by Crippen LogP contribution is -2.38. The van der Waals surface area contributed by atoms with E-state index in [0.29, 0.717) is 10.8 Å². The van der Waals surface area contributed by atoms with E-state index in [2.05, 4.69) is 26.1 Å². The van der Waals surface area contributed by atoms with Crippen LogP contribution in [0.3, 0.4) is 0 Å². The van der Waals surface area contributed by atoms with Crippen LogP contribution in [-0.4, -0.2) is 12.6 Å². The Morgan fingerprint density at radius 2 is 1.57 bits per heavy atom. The molecule has 0 aromatic heterocycles. The van der Waals surface area contributed by atoms with E-state index in [-0.39, 0.29) is 0 Å². The normalized spacial score (nSPS) is 30.2. The maximum Gasteiger partial charge on any atom is 0.00676 e. The molecule has 0 aliphatic heterocycles. The van der Waals surface area contributed by atoms with Crippen molar-refractivity contribution in [1.82, 2.24) is 5.32 Å². The van der Waals surface area contributed by atoms with E-state index in [0.717, 1.165) is 6.04 Å².